The molecule has 1 fully saturated rings. The number of rotatable bonds is 3. The summed E-state index contributed by atoms with van der Waals surface area (Å²) in [6, 6.07) is 14.6. The molecular weight excluding hydrogens is 318 g/mol. The molecule has 4 rings (SSSR count). The Balaban J connectivity index is 1.73. The van der Waals surface area contributed by atoms with Gasteiger partial charge in [0.25, 0.3) is 5.69 Å². The Bertz CT molecular complexity index is 822. The maximum Gasteiger partial charge on any atom is 0.269 e. The van der Waals surface area contributed by atoms with Gasteiger partial charge in [-0.2, -0.15) is 0 Å². The molecule has 25 heavy (non-hydrogen) atoms. The number of amides is 1. The molecule has 0 aliphatic carbocycles. The van der Waals surface area contributed by atoms with Crippen LogP contribution in [0.5, 0.6) is 0 Å². The van der Waals surface area contributed by atoms with Crippen molar-refractivity contribution in [2.75, 3.05) is 11.4 Å². The number of benzene rings is 2. The lowest BCUT2D eigenvalue weighted by Crippen LogP contribution is -2.42. The zero-order valence-corrected chi connectivity index (χ0v) is 13.8. The summed E-state index contributed by atoms with van der Waals surface area (Å²) in [6.45, 7) is 1.74. The van der Waals surface area contributed by atoms with E-state index in [2.05, 4.69) is 4.90 Å². The highest BCUT2D eigenvalue weighted by Gasteiger charge is 2.38. The van der Waals surface area contributed by atoms with Crippen molar-refractivity contribution in [1.29, 1.82) is 0 Å². The molecule has 0 unspecified atom stereocenters. The van der Waals surface area contributed by atoms with Crippen molar-refractivity contribution in [3.63, 3.8) is 0 Å². The van der Waals surface area contributed by atoms with Crippen LogP contribution in [-0.2, 0) is 17.9 Å². The molecule has 0 saturated carbocycles. The SMILES string of the molecule is O=C1[C@@H]2CCCN2c2ccc([N+](=O)[O-])cc2CN1Cc1ccccc1. The Kier molecular flexibility index (Phi) is 3.87. The van der Waals surface area contributed by atoms with Gasteiger partial charge < -0.3 is 9.80 Å². The van der Waals surface area contributed by atoms with Gasteiger partial charge >= 0.3 is 0 Å². The van der Waals surface area contributed by atoms with Crippen LogP contribution in [0, 0.1) is 10.1 Å². The van der Waals surface area contributed by atoms with Crippen LogP contribution in [0.2, 0.25) is 0 Å². The third-order valence-electron chi connectivity index (χ3n) is 5.01. The topological polar surface area (TPSA) is 66.7 Å². The van der Waals surface area contributed by atoms with Gasteiger partial charge in [0.05, 0.1) is 4.92 Å². The van der Waals surface area contributed by atoms with Gasteiger partial charge in [0.15, 0.2) is 0 Å². The highest BCUT2D eigenvalue weighted by molar-refractivity contribution is 5.88. The molecule has 1 amide bonds. The highest BCUT2D eigenvalue weighted by atomic mass is 16.6. The maximum absolute atomic E-state index is 13.1. The van der Waals surface area contributed by atoms with Crippen molar-refractivity contribution in [2.45, 2.75) is 32.0 Å². The van der Waals surface area contributed by atoms with Crippen molar-refractivity contribution in [2.24, 2.45) is 0 Å². The second kappa shape index (κ2) is 6.20. The molecule has 0 bridgehead atoms. The number of hydrogen-bond acceptors (Lipinski definition) is 4. The first-order chi connectivity index (χ1) is 12.1. The third-order valence-corrected chi connectivity index (χ3v) is 5.01. The second-order valence-corrected chi connectivity index (χ2v) is 6.60. The van der Waals surface area contributed by atoms with Gasteiger partial charge in [0, 0.05) is 43.0 Å². The van der Waals surface area contributed by atoms with Gasteiger partial charge in [-0.1, -0.05) is 30.3 Å². The number of nitro groups is 1. The van der Waals surface area contributed by atoms with Crippen molar-refractivity contribution in [3.05, 3.63) is 69.8 Å². The van der Waals surface area contributed by atoms with Crippen LogP contribution in [0.4, 0.5) is 11.4 Å². The number of fused-ring (bicyclic) bond motifs is 3. The zero-order chi connectivity index (χ0) is 17.4. The van der Waals surface area contributed by atoms with Crippen molar-refractivity contribution >= 4 is 17.3 Å². The molecule has 1 atom stereocenters. The number of nitrogens with zero attached hydrogens (tertiary/aromatic N) is 3. The van der Waals surface area contributed by atoms with Crippen LogP contribution in [-0.4, -0.2) is 28.3 Å². The van der Waals surface area contributed by atoms with Crippen LogP contribution in [0.3, 0.4) is 0 Å². The molecule has 2 aliphatic rings. The lowest BCUT2D eigenvalue weighted by atomic mass is 10.1. The number of non-ortho nitro benzene ring substituents is 1. The average Bonchev–Trinajstić information content (AvgIpc) is 3.07. The monoisotopic (exact) mass is 337 g/mol. The van der Waals surface area contributed by atoms with Gasteiger partial charge in [0.2, 0.25) is 5.91 Å². The van der Waals surface area contributed by atoms with Gasteiger partial charge in [-0.25, -0.2) is 0 Å². The van der Waals surface area contributed by atoms with Crippen LogP contribution in [0.1, 0.15) is 24.0 Å². The fourth-order valence-corrected chi connectivity index (χ4v) is 3.84. The molecule has 0 spiro atoms. The van der Waals surface area contributed by atoms with E-state index in [9.17, 15) is 14.9 Å². The first-order valence-electron chi connectivity index (χ1n) is 8.50. The summed E-state index contributed by atoms with van der Waals surface area (Å²) in [5, 5.41) is 11.1. The van der Waals surface area contributed by atoms with E-state index in [1.807, 2.05) is 35.2 Å². The van der Waals surface area contributed by atoms with E-state index in [0.29, 0.717) is 13.1 Å². The molecule has 0 N–H and O–H groups in total. The largest absolute Gasteiger partial charge is 0.359 e. The predicted octanol–water partition coefficient (Wildman–Crippen LogP) is 3.11. The molecule has 2 heterocycles. The maximum atomic E-state index is 13.1. The molecule has 1 saturated heterocycles. The summed E-state index contributed by atoms with van der Waals surface area (Å²) in [5.74, 6) is 0.111. The smallest absolute Gasteiger partial charge is 0.269 e. The molecule has 128 valence electrons. The number of anilines is 1. The number of carbonyl (C=O) groups is 1. The standard InChI is InChI=1S/C19H19N3O3/c23-19-18-7-4-10-21(18)17-9-8-16(22(24)25)11-15(17)13-20(19)12-14-5-2-1-3-6-14/h1-3,5-6,8-9,11,18H,4,7,10,12-13H2/t18-/m0/s1. The van der Waals surface area contributed by atoms with E-state index in [1.165, 1.54) is 6.07 Å². The minimum atomic E-state index is -0.379. The summed E-state index contributed by atoms with van der Waals surface area (Å²) < 4.78 is 0. The minimum absolute atomic E-state index is 0.0727. The Morgan fingerprint density at radius 2 is 1.96 bits per heavy atom. The summed E-state index contributed by atoms with van der Waals surface area (Å²) in [6.07, 6.45) is 1.80. The molecule has 6 heteroatoms. The molecule has 0 radical (unpaired) electrons. The number of carbonyl (C=O) groups excluding carboxylic acids is 1. The van der Waals surface area contributed by atoms with Crippen LogP contribution < -0.4 is 4.90 Å². The van der Waals surface area contributed by atoms with E-state index in [0.717, 1.165) is 36.2 Å². The predicted molar refractivity (Wildman–Crippen MR) is 94.2 cm³/mol. The molecule has 2 aromatic rings. The molecule has 0 aromatic heterocycles. The summed E-state index contributed by atoms with van der Waals surface area (Å²) in [4.78, 5) is 27.8. The fourth-order valence-electron chi connectivity index (χ4n) is 3.84. The third kappa shape index (κ3) is 2.84. The van der Waals surface area contributed by atoms with E-state index >= 15 is 0 Å². The summed E-state index contributed by atoms with van der Waals surface area (Å²) in [5.41, 5.74) is 2.94. The van der Waals surface area contributed by atoms with E-state index in [1.54, 1.807) is 12.1 Å². The van der Waals surface area contributed by atoms with Crippen LogP contribution in [0.25, 0.3) is 0 Å². The van der Waals surface area contributed by atoms with Crippen LogP contribution in [0.15, 0.2) is 48.5 Å². The molecule has 2 aliphatic heterocycles. The lowest BCUT2D eigenvalue weighted by molar-refractivity contribution is -0.384. The van der Waals surface area contributed by atoms with Crippen LogP contribution >= 0.6 is 0 Å². The van der Waals surface area contributed by atoms with E-state index < -0.39 is 0 Å². The first-order valence-corrected chi connectivity index (χ1v) is 8.50. The number of hydrogen-bond donors (Lipinski definition) is 0. The van der Waals surface area contributed by atoms with Crippen molar-refractivity contribution in [1.82, 2.24) is 4.90 Å². The molecule has 6 nitrogen and oxygen atoms in total. The number of nitro benzene ring substituents is 1. The molecular formula is C19H19N3O3. The Labute approximate surface area is 145 Å². The quantitative estimate of drug-likeness (QED) is 0.637. The van der Waals surface area contributed by atoms with E-state index in [-0.39, 0.29) is 22.6 Å². The van der Waals surface area contributed by atoms with E-state index in [4.69, 9.17) is 0 Å². The first kappa shape index (κ1) is 15.6. The normalized spacial score (nSPS) is 19.4. The molecule has 2 aromatic carbocycles. The van der Waals surface area contributed by atoms with Gasteiger partial charge in [-0.3, -0.25) is 14.9 Å². The van der Waals surface area contributed by atoms with Gasteiger partial charge in [-0.15, -0.1) is 0 Å². The van der Waals surface area contributed by atoms with Crippen molar-refractivity contribution < 1.29 is 9.72 Å². The summed E-state index contributed by atoms with van der Waals surface area (Å²) in [7, 11) is 0. The zero-order valence-electron chi connectivity index (χ0n) is 13.8. The van der Waals surface area contributed by atoms with Gasteiger partial charge in [0.1, 0.15) is 6.04 Å². The Morgan fingerprint density at radius 3 is 2.72 bits per heavy atom. The van der Waals surface area contributed by atoms with Gasteiger partial charge in [-0.05, 0) is 24.5 Å². The van der Waals surface area contributed by atoms with Crippen molar-refractivity contribution in [3.8, 4) is 0 Å². The summed E-state index contributed by atoms with van der Waals surface area (Å²) >= 11 is 0. The Morgan fingerprint density at radius 1 is 1.16 bits per heavy atom. The average molecular weight is 337 g/mol. The minimum Gasteiger partial charge on any atom is -0.359 e. The fraction of sp³-hybridized carbons (Fsp3) is 0.316. The lowest BCUT2D eigenvalue weighted by Gasteiger charge is -2.26. The highest BCUT2D eigenvalue weighted by Crippen LogP contribution is 2.36. The second-order valence-electron chi connectivity index (χ2n) is 6.60. The Hall–Kier alpha value is -2.89.